The number of rotatable bonds is 5. The third kappa shape index (κ3) is 3.35. The summed E-state index contributed by atoms with van der Waals surface area (Å²) in [5.41, 5.74) is 3.76. The van der Waals surface area contributed by atoms with Gasteiger partial charge in [0.1, 0.15) is 22.8 Å². The summed E-state index contributed by atoms with van der Waals surface area (Å²) in [6, 6.07) is 2.57. The first-order valence-electron chi connectivity index (χ1n) is 11.5. The van der Waals surface area contributed by atoms with Crippen LogP contribution in [0.15, 0.2) is 34.8 Å². The van der Waals surface area contributed by atoms with Gasteiger partial charge in [-0.1, -0.05) is 0 Å². The van der Waals surface area contributed by atoms with Gasteiger partial charge >= 0.3 is 0 Å². The lowest BCUT2D eigenvalue weighted by molar-refractivity contribution is -0.148. The summed E-state index contributed by atoms with van der Waals surface area (Å²) < 4.78 is 5.71. The number of amides is 1. The van der Waals surface area contributed by atoms with Crippen LogP contribution in [0, 0.1) is 11.8 Å². The van der Waals surface area contributed by atoms with Crippen LogP contribution in [-0.2, 0) is 16.0 Å². The zero-order valence-electron chi connectivity index (χ0n) is 20.5. The average Bonchev–Trinajstić information content (AvgIpc) is 2.75. The molecule has 0 unspecified atom stereocenters. The van der Waals surface area contributed by atoms with E-state index >= 15 is 0 Å². The van der Waals surface area contributed by atoms with Crippen molar-refractivity contribution in [2.45, 2.75) is 31.4 Å². The number of nitrogens with zero attached hydrogens (tertiary/aromatic N) is 2. The van der Waals surface area contributed by atoms with Gasteiger partial charge in [-0.3, -0.25) is 19.3 Å². The van der Waals surface area contributed by atoms with Gasteiger partial charge in [-0.05, 0) is 57.5 Å². The molecule has 0 aromatic heterocycles. The molecule has 0 aliphatic heterocycles. The highest BCUT2D eigenvalue weighted by Gasteiger charge is 2.63. The molecule has 10 heteroatoms. The van der Waals surface area contributed by atoms with E-state index in [4.69, 9.17) is 10.5 Å². The maximum atomic E-state index is 13.8. The highest BCUT2D eigenvalue weighted by molar-refractivity contribution is 6.24. The predicted octanol–water partition coefficient (Wildman–Crippen LogP) is 0.880. The molecule has 0 spiro atoms. The van der Waals surface area contributed by atoms with Gasteiger partial charge in [0.15, 0.2) is 11.4 Å². The number of likely N-dealkylation sites (N-methyl/N-ethyl adjacent to an activating group) is 1. The van der Waals surface area contributed by atoms with E-state index in [1.165, 1.54) is 0 Å². The quantitative estimate of drug-likeness (QED) is 0.445. The molecule has 188 valence electrons. The minimum absolute atomic E-state index is 0.0795. The number of nitrogens with two attached hydrogens (primary N) is 1. The lowest BCUT2D eigenvalue weighted by atomic mass is 9.58. The molecule has 3 aliphatic rings. The molecule has 4 atom stereocenters. The van der Waals surface area contributed by atoms with Gasteiger partial charge in [-0.25, -0.2) is 0 Å². The molecule has 0 heterocycles. The molecule has 0 saturated heterocycles. The zero-order valence-corrected chi connectivity index (χ0v) is 20.5. The first-order valence-corrected chi connectivity index (χ1v) is 11.5. The Hall–Kier alpha value is -3.37. The van der Waals surface area contributed by atoms with Crippen LogP contribution >= 0.6 is 0 Å². The second-order valence-corrected chi connectivity index (χ2v) is 9.73. The molecule has 35 heavy (non-hydrogen) atoms. The Morgan fingerprint density at radius 1 is 1.20 bits per heavy atom. The van der Waals surface area contributed by atoms with E-state index in [0.29, 0.717) is 18.8 Å². The van der Waals surface area contributed by atoms with Crippen molar-refractivity contribution < 1.29 is 34.4 Å². The van der Waals surface area contributed by atoms with Gasteiger partial charge in [0.25, 0.3) is 5.91 Å². The highest BCUT2D eigenvalue weighted by atomic mass is 16.5. The van der Waals surface area contributed by atoms with Gasteiger partial charge in [0, 0.05) is 31.3 Å². The fourth-order valence-corrected chi connectivity index (χ4v) is 5.92. The fourth-order valence-electron chi connectivity index (χ4n) is 5.92. The van der Waals surface area contributed by atoms with Gasteiger partial charge in [-0.15, -0.1) is 0 Å². The van der Waals surface area contributed by atoms with Crippen molar-refractivity contribution in [2.75, 3.05) is 39.7 Å². The first-order chi connectivity index (χ1) is 16.4. The number of ether oxygens (including phenoxy) is 1. The molecule has 0 bridgehead atoms. The predicted molar refractivity (Wildman–Crippen MR) is 128 cm³/mol. The standard InChI is InChI=1S/C25H31N3O7/c1-6-35-15-8-7-14(27(2)3)12-9-11-10-13-19(28(4)5)21(30)18(24(26)33)23(32)25(13,34)22(31)16(11)20(29)17(12)15/h7-8,11,13,19,30-31,34H,6,9-10H2,1-5H3,(H2,26,33)/t11-,13-,19-,25-/m0/s1. The van der Waals surface area contributed by atoms with E-state index in [0.717, 1.165) is 11.3 Å². The number of carbonyl (C=O) groups excluding carboxylic acids is 3. The normalized spacial score (nSPS) is 28.0. The number of ketones is 2. The Morgan fingerprint density at radius 2 is 1.86 bits per heavy atom. The molecular formula is C25H31N3O7. The molecular weight excluding hydrogens is 454 g/mol. The molecule has 0 saturated carbocycles. The molecule has 0 fully saturated rings. The van der Waals surface area contributed by atoms with E-state index < -0.39 is 58.0 Å². The number of fused-ring (bicyclic) bond motifs is 3. The Balaban J connectivity index is 1.98. The number of hydrogen-bond donors (Lipinski definition) is 4. The Morgan fingerprint density at radius 3 is 2.40 bits per heavy atom. The van der Waals surface area contributed by atoms with E-state index in [-0.39, 0.29) is 17.6 Å². The number of carbonyl (C=O) groups is 3. The largest absolute Gasteiger partial charge is 0.510 e. The lowest BCUT2D eigenvalue weighted by Gasteiger charge is -2.50. The summed E-state index contributed by atoms with van der Waals surface area (Å²) in [4.78, 5) is 42.7. The number of primary amides is 1. The van der Waals surface area contributed by atoms with Crippen molar-refractivity contribution in [3.8, 4) is 5.75 Å². The SMILES string of the molecule is CCOc1ccc(N(C)C)c2c1C(=O)C1=C(O)[C@]3(O)C(=O)C(C(N)=O)=C(O)[C@@H](N(C)C)[C@@H]3C[C@@H]1C2. The van der Waals surface area contributed by atoms with Crippen molar-refractivity contribution in [2.24, 2.45) is 17.6 Å². The number of benzene rings is 1. The molecule has 5 N–H and O–H groups in total. The number of aliphatic hydroxyl groups is 3. The van der Waals surface area contributed by atoms with Crippen LogP contribution < -0.4 is 15.4 Å². The molecule has 0 radical (unpaired) electrons. The minimum atomic E-state index is -2.59. The Bertz CT molecular complexity index is 1200. The number of aliphatic hydroxyl groups excluding tert-OH is 2. The number of Topliss-reactive ketones (excluding diaryl/α,β-unsaturated/α-hetero) is 2. The average molecular weight is 486 g/mol. The van der Waals surface area contributed by atoms with Crippen molar-refractivity contribution in [3.63, 3.8) is 0 Å². The van der Waals surface area contributed by atoms with Crippen LogP contribution in [0.4, 0.5) is 5.69 Å². The monoisotopic (exact) mass is 485 g/mol. The van der Waals surface area contributed by atoms with E-state index in [1.807, 2.05) is 25.1 Å². The highest BCUT2D eigenvalue weighted by Crippen LogP contribution is 2.53. The smallest absolute Gasteiger partial charge is 0.255 e. The molecule has 4 rings (SSSR count). The number of anilines is 1. The minimum Gasteiger partial charge on any atom is -0.510 e. The van der Waals surface area contributed by atoms with E-state index in [2.05, 4.69) is 0 Å². The summed E-state index contributed by atoms with van der Waals surface area (Å²) in [6.45, 7) is 2.11. The topological polar surface area (TPSA) is 154 Å². The maximum absolute atomic E-state index is 13.8. The maximum Gasteiger partial charge on any atom is 0.255 e. The van der Waals surface area contributed by atoms with Crippen LogP contribution in [0.2, 0.25) is 0 Å². The summed E-state index contributed by atoms with van der Waals surface area (Å²) in [5.74, 6) is -5.52. The Kier molecular flexibility index (Phi) is 5.93. The van der Waals surface area contributed by atoms with Gasteiger partial charge in [0.05, 0.1) is 18.2 Å². The van der Waals surface area contributed by atoms with Gasteiger partial charge in [0.2, 0.25) is 5.78 Å². The third-order valence-corrected chi connectivity index (χ3v) is 7.35. The summed E-state index contributed by atoms with van der Waals surface area (Å²) >= 11 is 0. The molecule has 10 nitrogen and oxygen atoms in total. The number of hydrogen-bond acceptors (Lipinski definition) is 9. The third-order valence-electron chi connectivity index (χ3n) is 7.35. The zero-order chi connectivity index (χ0) is 26.0. The fraction of sp³-hybridized carbons (Fsp3) is 0.480. The number of allylic oxidation sites excluding steroid dienone is 1. The van der Waals surface area contributed by atoms with E-state index in [1.54, 1.807) is 32.0 Å². The second-order valence-electron chi connectivity index (χ2n) is 9.73. The molecule has 1 amide bonds. The van der Waals surface area contributed by atoms with Crippen molar-refractivity contribution in [3.05, 3.63) is 45.9 Å². The van der Waals surface area contributed by atoms with Gasteiger partial charge in [-0.2, -0.15) is 0 Å². The lowest BCUT2D eigenvalue weighted by Crippen LogP contribution is -2.63. The van der Waals surface area contributed by atoms with Crippen LogP contribution in [0.25, 0.3) is 0 Å². The summed E-state index contributed by atoms with van der Waals surface area (Å²) in [7, 11) is 6.95. The molecule has 1 aromatic rings. The second kappa shape index (κ2) is 8.39. The summed E-state index contributed by atoms with van der Waals surface area (Å²) in [6.07, 6.45) is 0.459. The van der Waals surface area contributed by atoms with Crippen LogP contribution in [0.3, 0.4) is 0 Å². The van der Waals surface area contributed by atoms with Crippen molar-refractivity contribution in [1.29, 1.82) is 0 Å². The van der Waals surface area contributed by atoms with Crippen LogP contribution in [0.1, 0.15) is 29.3 Å². The van der Waals surface area contributed by atoms with Crippen LogP contribution in [-0.4, -0.2) is 84.1 Å². The molecule has 1 aromatic carbocycles. The summed E-state index contributed by atoms with van der Waals surface area (Å²) in [5, 5.41) is 33.9. The van der Waals surface area contributed by atoms with E-state index in [9.17, 15) is 29.7 Å². The molecule has 3 aliphatic carbocycles. The van der Waals surface area contributed by atoms with Crippen LogP contribution in [0.5, 0.6) is 5.75 Å². The van der Waals surface area contributed by atoms with Crippen molar-refractivity contribution >= 4 is 23.2 Å². The van der Waals surface area contributed by atoms with Crippen molar-refractivity contribution in [1.82, 2.24) is 4.90 Å². The first kappa shape index (κ1) is 24.7. The van der Waals surface area contributed by atoms with Gasteiger partial charge < -0.3 is 30.7 Å². The Labute approximate surface area is 203 Å².